The number of aliphatic hydroxyl groups excluding tert-OH is 1. The number of aryl methyl sites for hydroxylation is 1. The van der Waals surface area contributed by atoms with Crippen LogP contribution in [-0.2, 0) is 20.0 Å². The third kappa shape index (κ3) is 5.41. The number of nitrogens with two attached hydrogens (primary N) is 1. The molecule has 4 N–H and O–H groups in total. The van der Waals surface area contributed by atoms with Crippen molar-refractivity contribution in [1.82, 2.24) is 24.3 Å². The highest BCUT2D eigenvalue weighted by molar-refractivity contribution is 5.92. The summed E-state index contributed by atoms with van der Waals surface area (Å²) in [7, 11) is 1.58. The average molecular weight is 467 g/mol. The van der Waals surface area contributed by atoms with Gasteiger partial charge in [-0.3, -0.25) is 19.1 Å². The van der Waals surface area contributed by atoms with Gasteiger partial charge in [0.2, 0.25) is 5.56 Å². The largest absolute Gasteiger partial charge is 0.397 e. The third-order valence-electron chi connectivity index (χ3n) is 5.79. The molecule has 0 fully saturated rings. The first-order chi connectivity index (χ1) is 16.3. The molecule has 3 aromatic rings. The topological polar surface area (TPSA) is 118 Å². The quantitative estimate of drug-likeness (QED) is 0.474. The molecule has 0 radical (unpaired) electrons. The number of aromatic nitrogens is 3. The molecule has 1 aliphatic heterocycles. The van der Waals surface area contributed by atoms with Gasteiger partial charge in [0.25, 0.3) is 12.0 Å². The Hall–Kier alpha value is -3.76. The zero-order chi connectivity index (χ0) is 24.2. The molecule has 178 valence electrons. The van der Waals surface area contributed by atoms with Gasteiger partial charge in [0, 0.05) is 63.5 Å². The van der Waals surface area contributed by atoms with Crippen LogP contribution < -0.4 is 16.6 Å². The molecule has 2 aromatic heterocycles. The Morgan fingerprint density at radius 1 is 1.26 bits per heavy atom. The van der Waals surface area contributed by atoms with Gasteiger partial charge < -0.3 is 20.7 Å². The van der Waals surface area contributed by atoms with Crippen LogP contribution in [-0.4, -0.2) is 55.8 Å². The maximum Gasteiger partial charge on any atom is 0.294 e. The first-order valence-electron chi connectivity index (χ1n) is 10.9. The highest BCUT2D eigenvalue weighted by atomic mass is 19.1. The van der Waals surface area contributed by atoms with E-state index in [9.17, 15) is 19.1 Å². The fraction of sp³-hybridized carbons (Fsp3) is 0.292. The van der Waals surface area contributed by atoms with Crippen LogP contribution in [0.1, 0.15) is 27.2 Å². The van der Waals surface area contributed by atoms with Gasteiger partial charge in [-0.2, -0.15) is 9.37 Å². The molecule has 0 saturated heterocycles. The molecular weight excluding hydrogens is 439 g/mol. The van der Waals surface area contributed by atoms with Gasteiger partial charge in [0.1, 0.15) is 5.69 Å². The molecule has 3 heterocycles. The molecule has 0 unspecified atom stereocenters. The molecule has 0 spiro atoms. The Kier molecular flexibility index (Phi) is 6.90. The maximum absolute atomic E-state index is 14.3. The van der Waals surface area contributed by atoms with E-state index in [0.717, 1.165) is 24.1 Å². The SMILES string of the molecule is Cn1cc(/C(N)=C/n2cc(C(=O)NC[C@H](O)CN3CCc4ccccc4C3)nc2F)ccc1=O. The van der Waals surface area contributed by atoms with Crippen molar-refractivity contribution in [2.24, 2.45) is 12.8 Å². The van der Waals surface area contributed by atoms with Gasteiger partial charge in [0.05, 0.1) is 11.8 Å². The van der Waals surface area contributed by atoms with Crippen LogP contribution in [0.15, 0.2) is 53.6 Å². The summed E-state index contributed by atoms with van der Waals surface area (Å²) < 4.78 is 16.6. The lowest BCUT2D eigenvalue weighted by Crippen LogP contribution is -2.42. The number of β-amino-alcohol motifs (C(OH)–C–C–N with tert-alkyl or cyclic N) is 1. The second kappa shape index (κ2) is 10.0. The van der Waals surface area contributed by atoms with Gasteiger partial charge in [-0.05, 0) is 23.6 Å². The standard InChI is InChI=1S/C24H27FN6O3/c1-29-11-18(6-7-22(29)33)20(26)14-31-15-21(28-24(31)25)23(34)27-10-19(32)13-30-9-8-16-4-2-3-5-17(16)12-30/h2-7,11,14-15,19,32H,8-10,12-13,26H2,1H3,(H,27,34)/b20-14-/t19-/m0/s1. The Morgan fingerprint density at radius 2 is 2.03 bits per heavy atom. The predicted molar refractivity (Wildman–Crippen MR) is 126 cm³/mol. The van der Waals surface area contributed by atoms with Crippen LogP contribution in [0.25, 0.3) is 11.9 Å². The summed E-state index contributed by atoms with van der Waals surface area (Å²) >= 11 is 0. The number of carbonyl (C=O) groups is 1. The van der Waals surface area contributed by atoms with E-state index < -0.39 is 18.1 Å². The molecule has 1 atom stereocenters. The average Bonchev–Trinajstić information content (AvgIpc) is 3.19. The van der Waals surface area contributed by atoms with Crippen molar-refractivity contribution < 1.29 is 14.3 Å². The normalized spacial score (nSPS) is 15.1. The minimum Gasteiger partial charge on any atom is -0.397 e. The van der Waals surface area contributed by atoms with E-state index in [1.54, 1.807) is 7.05 Å². The van der Waals surface area contributed by atoms with Gasteiger partial charge >= 0.3 is 0 Å². The molecule has 0 bridgehead atoms. The van der Waals surface area contributed by atoms with Gasteiger partial charge in [0.15, 0.2) is 0 Å². The lowest BCUT2D eigenvalue weighted by molar-refractivity contribution is 0.0838. The number of hydrogen-bond acceptors (Lipinski definition) is 6. The van der Waals surface area contributed by atoms with Crippen LogP contribution >= 0.6 is 0 Å². The van der Waals surface area contributed by atoms with E-state index >= 15 is 0 Å². The predicted octanol–water partition coefficient (Wildman–Crippen LogP) is 0.784. The van der Waals surface area contributed by atoms with E-state index in [-0.39, 0.29) is 23.5 Å². The molecule has 0 aliphatic carbocycles. The van der Waals surface area contributed by atoms with Gasteiger partial charge in [-0.25, -0.2) is 0 Å². The molecular formula is C24H27FN6O3. The highest BCUT2D eigenvalue weighted by Crippen LogP contribution is 2.18. The van der Waals surface area contributed by atoms with Crippen LogP contribution in [0, 0.1) is 6.08 Å². The first kappa shape index (κ1) is 23.4. The minimum absolute atomic E-state index is 0.0154. The Morgan fingerprint density at radius 3 is 2.79 bits per heavy atom. The number of aliphatic hydroxyl groups is 1. The van der Waals surface area contributed by atoms with Crippen molar-refractivity contribution in [3.05, 3.63) is 87.6 Å². The summed E-state index contributed by atoms with van der Waals surface area (Å²) in [4.78, 5) is 29.7. The summed E-state index contributed by atoms with van der Waals surface area (Å²) in [5.41, 5.74) is 8.95. The lowest BCUT2D eigenvalue weighted by atomic mass is 10.00. The fourth-order valence-corrected chi connectivity index (χ4v) is 3.93. The Bertz CT molecular complexity index is 1280. The van der Waals surface area contributed by atoms with Crippen LogP contribution in [0.3, 0.4) is 0 Å². The monoisotopic (exact) mass is 466 g/mol. The number of fused-ring (bicyclic) bond motifs is 1. The van der Waals surface area contributed by atoms with Gasteiger partial charge in [-0.1, -0.05) is 24.3 Å². The highest BCUT2D eigenvalue weighted by Gasteiger charge is 2.20. The summed E-state index contributed by atoms with van der Waals surface area (Å²) in [6.07, 6.45) is 3.25. The van der Waals surface area contributed by atoms with Crippen molar-refractivity contribution in [2.75, 3.05) is 19.6 Å². The second-order valence-electron chi connectivity index (χ2n) is 8.37. The molecule has 10 heteroatoms. The molecule has 9 nitrogen and oxygen atoms in total. The number of amides is 1. The number of imidazole rings is 1. The number of nitrogens with one attached hydrogen (secondary N) is 1. The molecule has 1 aliphatic rings. The molecule has 34 heavy (non-hydrogen) atoms. The van der Waals surface area contributed by atoms with Crippen molar-refractivity contribution in [1.29, 1.82) is 0 Å². The van der Waals surface area contributed by atoms with E-state index in [1.807, 2.05) is 12.1 Å². The number of nitrogens with zero attached hydrogens (tertiary/aromatic N) is 4. The van der Waals surface area contributed by atoms with Crippen LogP contribution in [0.5, 0.6) is 0 Å². The number of halogens is 1. The van der Waals surface area contributed by atoms with E-state index in [2.05, 4.69) is 27.3 Å². The summed E-state index contributed by atoms with van der Waals surface area (Å²) in [5.74, 6) is -0.602. The number of hydrogen-bond donors (Lipinski definition) is 3. The van der Waals surface area contributed by atoms with Crippen molar-refractivity contribution in [3.8, 4) is 0 Å². The number of rotatable bonds is 7. The minimum atomic E-state index is -0.912. The van der Waals surface area contributed by atoms with Crippen molar-refractivity contribution in [3.63, 3.8) is 0 Å². The van der Waals surface area contributed by atoms with E-state index in [0.29, 0.717) is 12.1 Å². The van der Waals surface area contributed by atoms with Crippen molar-refractivity contribution in [2.45, 2.75) is 19.1 Å². The first-order valence-corrected chi connectivity index (χ1v) is 10.9. The molecule has 4 rings (SSSR count). The molecule has 0 saturated carbocycles. The van der Waals surface area contributed by atoms with Crippen molar-refractivity contribution >= 4 is 17.8 Å². The number of pyridine rings is 1. The third-order valence-corrected chi connectivity index (χ3v) is 5.79. The second-order valence-corrected chi connectivity index (χ2v) is 8.37. The summed E-state index contributed by atoms with van der Waals surface area (Å²) in [6, 6.07) is 11.1. The smallest absolute Gasteiger partial charge is 0.294 e. The molecule has 1 aromatic carbocycles. The van der Waals surface area contributed by atoms with Gasteiger partial charge in [-0.15, -0.1) is 0 Å². The Labute approximate surface area is 196 Å². The van der Waals surface area contributed by atoms with E-state index in [4.69, 9.17) is 5.73 Å². The maximum atomic E-state index is 14.3. The van der Waals surface area contributed by atoms with Crippen LogP contribution in [0.4, 0.5) is 4.39 Å². The number of carbonyl (C=O) groups excluding carboxylic acids is 1. The number of benzene rings is 1. The molecule has 1 amide bonds. The van der Waals surface area contributed by atoms with Crippen LogP contribution in [0.2, 0.25) is 0 Å². The Balaban J connectivity index is 1.33. The summed E-state index contributed by atoms with van der Waals surface area (Å²) in [6.45, 7) is 2.01. The lowest BCUT2D eigenvalue weighted by Gasteiger charge is -2.30. The summed E-state index contributed by atoms with van der Waals surface area (Å²) in [5, 5.41) is 13.0. The zero-order valence-corrected chi connectivity index (χ0v) is 18.8. The van der Waals surface area contributed by atoms with E-state index in [1.165, 1.54) is 46.4 Å². The zero-order valence-electron chi connectivity index (χ0n) is 18.8. The fourth-order valence-electron chi connectivity index (χ4n) is 3.93.